The molecule has 2 N–H and O–H groups in total. The van der Waals surface area contributed by atoms with Crippen LogP contribution in [0.15, 0.2) is 4.99 Å². The van der Waals surface area contributed by atoms with Gasteiger partial charge in [0.15, 0.2) is 5.96 Å². The van der Waals surface area contributed by atoms with Gasteiger partial charge in [-0.05, 0) is 52.4 Å². The van der Waals surface area contributed by atoms with Crippen LogP contribution in [-0.2, 0) is 4.74 Å². The average molecular weight is 537 g/mol. The van der Waals surface area contributed by atoms with Crippen molar-refractivity contribution in [2.45, 2.75) is 50.5 Å². The quantitative estimate of drug-likeness (QED) is 0.224. The maximum atomic E-state index is 5.61. The summed E-state index contributed by atoms with van der Waals surface area (Å²) in [5.41, 5.74) is 0.276. The summed E-state index contributed by atoms with van der Waals surface area (Å²) >= 11 is 0. The second-order valence-electron chi connectivity index (χ2n) is 9.09. The maximum Gasteiger partial charge on any atom is 0.191 e. The number of rotatable bonds is 7. The van der Waals surface area contributed by atoms with Crippen molar-refractivity contribution in [1.29, 1.82) is 0 Å². The molecular weight excluding hydrogens is 491 g/mol. The van der Waals surface area contributed by atoms with E-state index in [0.717, 1.165) is 45.4 Å². The molecule has 0 aromatic rings. The molecule has 8 heteroatoms. The van der Waals surface area contributed by atoms with Crippen LogP contribution in [0.2, 0.25) is 0 Å². The Morgan fingerprint density at radius 1 is 0.933 bits per heavy atom. The molecule has 1 aliphatic carbocycles. The van der Waals surface area contributed by atoms with Gasteiger partial charge in [0, 0.05) is 51.9 Å². The molecule has 0 amide bonds. The molecule has 0 aromatic heterocycles. The summed E-state index contributed by atoms with van der Waals surface area (Å²) in [6.07, 6.45) is 9.11. The monoisotopic (exact) mass is 536 g/mol. The smallest absolute Gasteiger partial charge is 0.191 e. The molecule has 1 saturated carbocycles. The lowest BCUT2D eigenvalue weighted by Crippen LogP contribution is -2.60. The third kappa shape index (κ3) is 8.07. The fourth-order valence-electron chi connectivity index (χ4n) is 5.15. The van der Waals surface area contributed by atoms with E-state index in [-0.39, 0.29) is 29.5 Å². The Balaban J connectivity index is 0.00000320. The first-order valence-electron chi connectivity index (χ1n) is 11.9. The number of hydrogen-bond donors (Lipinski definition) is 2. The van der Waals surface area contributed by atoms with Gasteiger partial charge in [-0.25, -0.2) is 0 Å². The van der Waals surface area contributed by atoms with Gasteiger partial charge in [-0.3, -0.25) is 9.89 Å². The van der Waals surface area contributed by atoms with Gasteiger partial charge in [0.2, 0.25) is 0 Å². The Hall–Kier alpha value is -0.160. The van der Waals surface area contributed by atoms with E-state index in [1.54, 1.807) is 0 Å². The van der Waals surface area contributed by atoms with Gasteiger partial charge in [-0.2, -0.15) is 0 Å². The zero-order valence-electron chi connectivity index (χ0n) is 19.3. The van der Waals surface area contributed by atoms with Crippen molar-refractivity contribution in [1.82, 2.24) is 25.3 Å². The number of aliphatic imine (C=N–C) groups is 1. The van der Waals surface area contributed by atoms with E-state index >= 15 is 0 Å². The fourth-order valence-corrected chi connectivity index (χ4v) is 5.15. The number of guanidine groups is 1. The van der Waals surface area contributed by atoms with Gasteiger partial charge in [0.1, 0.15) is 0 Å². The van der Waals surface area contributed by atoms with E-state index in [4.69, 9.17) is 4.74 Å². The summed E-state index contributed by atoms with van der Waals surface area (Å²) in [5.74, 6) is 0.957. The van der Waals surface area contributed by atoms with Crippen molar-refractivity contribution >= 4 is 29.9 Å². The minimum Gasteiger partial charge on any atom is -0.379 e. The molecule has 0 spiro atoms. The van der Waals surface area contributed by atoms with Gasteiger partial charge in [0.25, 0.3) is 0 Å². The first kappa shape index (κ1) is 26.1. The number of hydrogen-bond acceptors (Lipinski definition) is 5. The largest absolute Gasteiger partial charge is 0.379 e. The number of nitrogens with zero attached hydrogens (tertiary/aromatic N) is 4. The van der Waals surface area contributed by atoms with Crippen LogP contribution < -0.4 is 10.6 Å². The molecule has 2 aliphatic heterocycles. The van der Waals surface area contributed by atoms with Gasteiger partial charge >= 0.3 is 0 Å². The molecule has 7 nitrogen and oxygen atoms in total. The summed E-state index contributed by atoms with van der Waals surface area (Å²) in [5, 5.41) is 7.22. The molecule has 0 bridgehead atoms. The Morgan fingerprint density at radius 2 is 1.70 bits per heavy atom. The normalized spacial score (nSPS) is 24.7. The molecule has 3 fully saturated rings. The van der Waals surface area contributed by atoms with Crippen LogP contribution in [0.3, 0.4) is 0 Å². The number of nitrogens with one attached hydrogen (secondary N) is 2. The van der Waals surface area contributed by atoms with Gasteiger partial charge in [0.05, 0.1) is 13.2 Å². The number of halogens is 1. The van der Waals surface area contributed by atoms with Gasteiger partial charge < -0.3 is 25.2 Å². The zero-order chi connectivity index (χ0) is 20.4. The Labute approximate surface area is 201 Å². The van der Waals surface area contributed by atoms with Crippen molar-refractivity contribution in [3.8, 4) is 0 Å². The molecule has 0 aromatic carbocycles. The van der Waals surface area contributed by atoms with Crippen molar-refractivity contribution in [3.63, 3.8) is 0 Å². The van der Waals surface area contributed by atoms with Crippen molar-refractivity contribution < 1.29 is 4.74 Å². The molecule has 30 heavy (non-hydrogen) atoms. The van der Waals surface area contributed by atoms with Crippen LogP contribution in [-0.4, -0.2) is 112 Å². The summed E-state index contributed by atoms with van der Waals surface area (Å²) in [6, 6.07) is 0. The molecule has 3 rings (SSSR count). The summed E-state index contributed by atoms with van der Waals surface area (Å²) in [6.45, 7) is 11.9. The highest BCUT2D eigenvalue weighted by Crippen LogP contribution is 2.33. The maximum absolute atomic E-state index is 5.61. The van der Waals surface area contributed by atoms with Crippen molar-refractivity contribution in [3.05, 3.63) is 0 Å². The predicted octanol–water partition coefficient (Wildman–Crippen LogP) is 1.83. The van der Waals surface area contributed by atoms with Crippen molar-refractivity contribution in [2.75, 3.05) is 86.2 Å². The summed E-state index contributed by atoms with van der Waals surface area (Å²) < 4.78 is 5.61. The van der Waals surface area contributed by atoms with Crippen LogP contribution in [0.1, 0.15) is 44.9 Å². The molecule has 176 valence electrons. The molecule has 0 radical (unpaired) electrons. The summed E-state index contributed by atoms with van der Waals surface area (Å²) in [7, 11) is 4.12. The average Bonchev–Trinajstić information content (AvgIpc) is 2.98. The Bertz CT molecular complexity index is 494. The minimum atomic E-state index is 0. The van der Waals surface area contributed by atoms with Crippen LogP contribution in [0.5, 0.6) is 0 Å². The van der Waals surface area contributed by atoms with E-state index in [1.807, 2.05) is 7.05 Å². The third-order valence-corrected chi connectivity index (χ3v) is 7.03. The first-order chi connectivity index (χ1) is 14.2. The number of morpholine rings is 1. The highest BCUT2D eigenvalue weighted by atomic mass is 127. The molecule has 0 atom stereocenters. The third-order valence-electron chi connectivity index (χ3n) is 7.03. The van der Waals surface area contributed by atoms with E-state index in [9.17, 15) is 0 Å². The molecule has 3 aliphatic rings. The van der Waals surface area contributed by atoms with Crippen LogP contribution in [0.25, 0.3) is 0 Å². The van der Waals surface area contributed by atoms with E-state index in [2.05, 4.69) is 37.4 Å². The van der Waals surface area contributed by atoms with E-state index in [0.29, 0.717) is 0 Å². The van der Waals surface area contributed by atoms with Gasteiger partial charge in [-0.15, -0.1) is 24.0 Å². The SMILES string of the molecule is CN=C(NCCCN1CCCN(C)CC1)NCC1(N2CCOCC2)CCCCC1.I. The summed E-state index contributed by atoms with van der Waals surface area (Å²) in [4.78, 5) is 12.2. The highest BCUT2D eigenvalue weighted by molar-refractivity contribution is 14.0. The lowest BCUT2D eigenvalue weighted by atomic mass is 9.80. The second-order valence-corrected chi connectivity index (χ2v) is 9.09. The van der Waals surface area contributed by atoms with Crippen LogP contribution in [0.4, 0.5) is 0 Å². The molecule has 2 saturated heterocycles. The lowest BCUT2D eigenvalue weighted by molar-refractivity contribution is -0.0352. The predicted molar refractivity (Wildman–Crippen MR) is 136 cm³/mol. The highest BCUT2D eigenvalue weighted by Gasteiger charge is 2.38. The standard InChI is InChI=1S/C22H44N6O.HI/c1-23-21(24-10-6-12-27-13-7-11-26(2)14-15-27)25-20-22(8-4-3-5-9-22)28-16-18-29-19-17-28;/h3-20H2,1-2H3,(H2,23,24,25);1H. The molecular formula is C22H45IN6O. The zero-order valence-corrected chi connectivity index (χ0v) is 21.7. The number of likely N-dealkylation sites (N-methyl/N-ethyl adjacent to an activating group) is 1. The topological polar surface area (TPSA) is 55.4 Å². The van der Waals surface area contributed by atoms with E-state index in [1.165, 1.54) is 77.7 Å². The molecule has 0 unspecified atom stereocenters. The number of ether oxygens (including phenoxy) is 1. The van der Waals surface area contributed by atoms with Crippen LogP contribution >= 0.6 is 24.0 Å². The molecule has 2 heterocycles. The lowest BCUT2D eigenvalue weighted by Gasteiger charge is -2.48. The van der Waals surface area contributed by atoms with Gasteiger partial charge in [-0.1, -0.05) is 19.3 Å². The Kier molecular flexibility index (Phi) is 12.2. The van der Waals surface area contributed by atoms with Crippen LogP contribution in [0, 0.1) is 0 Å². The second kappa shape index (κ2) is 14.1. The minimum absolute atomic E-state index is 0. The van der Waals surface area contributed by atoms with Crippen molar-refractivity contribution in [2.24, 2.45) is 4.99 Å². The first-order valence-corrected chi connectivity index (χ1v) is 11.9. The van der Waals surface area contributed by atoms with E-state index < -0.39 is 0 Å². The fraction of sp³-hybridized carbons (Fsp3) is 0.955. The Morgan fingerprint density at radius 3 is 2.43 bits per heavy atom.